The number of alkyl halides is 4. The Kier molecular flexibility index (Phi) is 9.53. The SMILES string of the molecule is O=C(CCOCC(F)(F)F)NCCCCCBr. The van der Waals surface area contributed by atoms with Gasteiger partial charge in [0.2, 0.25) is 5.91 Å². The second kappa shape index (κ2) is 9.70. The molecular formula is C10H17BrF3NO2. The number of hydrogen-bond acceptors (Lipinski definition) is 2. The van der Waals surface area contributed by atoms with Crippen molar-refractivity contribution in [1.82, 2.24) is 5.32 Å². The zero-order valence-electron chi connectivity index (χ0n) is 9.49. The topological polar surface area (TPSA) is 38.3 Å². The minimum Gasteiger partial charge on any atom is -0.372 e. The highest BCUT2D eigenvalue weighted by Gasteiger charge is 2.27. The van der Waals surface area contributed by atoms with Crippen LogP contribution in [0, 0.1) is 0 Å². The van der Waals surface area contributed by atoms with Crippen molar-refractivity contribution in [2.24, 2.45) is 0 Å². The molecule has 0 unspecified atom stereocenters. The predicted octanol–water partition coefficient (Wildman–Crippen LogP) is 2.64. The maximum Gasteiger partial charge on any atom is 0.411 e. The van der Waals surface area contributed by atoms with E-state index in [1.54, 1.807) is 0 Å². The fourth-order valence-corrected chi connectivity index (χ4v) is 1.46. The number of amides is 1. The standard InChI is InChI=1S/C10H17BrF3NO2/c11-5-2-1-3-6-15-9(16)4-7-17-8-10(12,13)14/h1-8H2,(H,15,16). The highest BCUT2D eigenvalue weighted by atomic mass is 79.9. The number of unbranched alkanes of at least 4 members (excludes halogenated alkanes) is 2. The summed E-state index contributed by atoms with van der Waals surface area (Å²) in [5, 5.41) is 3.56. The summed E-state index contributed by atoms with van der Waals surface area (Å²) >= 11 is 3.29. The average molecular weight is 320 g/mol. The number of ether oxygens (including phenoxy) is 1. The molecule has 0 aliphatic carbocycles. The van der Waals surface area contributed by atoms with Crippen LogP contribution in [-0.2, 0) is 9.53 Å². The fraction of sp³-hybridized carbons (Fsp3) is 0.900. The Morgan fingerprint density at radius 3 is 2.53 bits per heavy atom. The number of halogens is 4. The van der Waals surface area contributed by atoms with Gasteiger partial charge in [-0.1, -0.05) is 22.4 Å². The summed E-state index contributed by atoms with van der Waals surface area (Å²) in [5.41, 5.74) is 0. The fourth-order valence-electron chi connectivity index (χ4n) is 1.07. The van der Waals surface area contributed by atoms with Gasteiger partial charge < -0.3 is 10.1 Å². The lowest BCUT2D eigenvalue weighted by Crippen LogP contribution is -2.26. The van der Waals surface area contributed by atoms with E-state index in [1.807, 2.05) is 0 Å². The molecule has 0 aromatic carbocycles. The minimum absolute atomic E-state index is 0.0332. The van der Waals surface area contributed by atoms with E-state index in [-0.39, 0.29) is 18.9 Å². The quantitative estimate of drug-likeness (QED) is 0.524. The maximum atomic E-state index is 11.7. The van der Waals surface area contributed by atoms with E-state index in [0.29, 0.717) is 6.54 Å². The molecule has 1 N–H and O–H groups in total. The lowest BCUT2D eigenvalue weighted by molar-refractivity contribution is -0.174. The molecule has 0 aliphatic heterocycles. The van der Waals surface area contributed by atoms with Crippen molar-refractivity contribution < 1.29 is 22.7 Å². The third-order valence-electron chi connectivity index (χ3n) is 1.87. The third-order valence-corrected chi connectivity index (χ3v) is 2.43. The molecule has 0 rings (SSSR count). The Bertz CT molecular complexity index is 212. The predicted molar refractivity (Wildman–Crippen MR) is 62.1 cm³/mol. The van der Waals surface area contributed by atoms with E-state index >= 15 is 0 Å². The van der Waals surface area contributed by atoms with Crippen LogP contribution in [0.5, 0.6) is 0 Å². The van der Waals surface area contributed by atoms with Gasteiger partial charge in [0.05, 0.1) is 6.61 Å². The number of hydrogen-bond donors (Lipinski definition) is 1. The summed E-state index contributed by atoms with van der Waals surface area (Å²) in [6.45, 7) is -0.941. The number of nitrogens with one attached hydrogen (secondary N) is 1. The zero-order valence-corrected chi connectivity index (χ0v) is 11.1. The van der Waals surface area contributed by atoms with Gasteiger partial charge in [0.1, 0.15) is 6.61 Å². The molecule has 3 nitrogen and oxygen atoms in total. The Morgan fingerprint density at radius 1 is 1.24 bits per heavy atom. The third kappa shape index (κ3) is 13.6. The van der Waals surface area contributed by atoms with Gasteiger partial charge in [-0.25, -0.2) is 0 Å². The zero-order chi connectivity index (χ0) is 13.1. The highest BCUT2D eigenvalue weighted by molar-refractivity contribution is 9.09. The van der Waals surface area contributed by atoms with Crippen LogP contribution in [-0.4, -0.2) is 37.2 Å². The molecule has 7 heteroatoms. The monoisotopic (exact) mass is 319 g/mol. The summed E-state index contributed by atoms with van der Waals surface area (Å²) in [7, 11) is 0. The van der Waals surface area contributed by atoms with Gasteiger partial charge in [0.15, 0.2) is 0 Å². The molecule has 0 aromatic rings. The summed E-state index contributed by atoms with van der Waals surface area (Å²) in [6, 6.07) is 0. The second-order valence-corrected chi connectivity index (χ2v) is 4.31. The highest BCUT2D eigenvalue weighted by Crippen LogP contribution is 2.14. The van der Waals surface area contributed by atoms with Crippen molar-refractivity contribution in [2.45, 2.75) is 31.9 Å². The van der Waals surface area contributed by atoms with Crippen LogP contribution in [0.25, 0.3) is 0 Å². The molecular weight excluding hydrogens is 303 g/mol. The van der Waals surface area contributed by atoms with Gasteiger partial charge in [-0.15, -0.1) is 0 Å². The summed E-state index contributed by atoms with van der Waals surface area (Å²) in [4.78, 5) is 11.1. The van der Waals surface area contributed by atoms with Crippen LogP contribution in [0.15, 0.2) is 0 Å². The Hall–Kier alpha value is -0.300. The molecule has 1 amide bonds. The van der Waals surface area contributed by atoms with E-state index in [2.05, 4.69) is 26.0 Å². The number of carbonyl (C=O) groups excluding carboxylic acids is 1. The molecule has 0 spiro atoms. The summed E-state index contributed by atoms with van der Waals surface area (Å²) < 4.78 is 39.3. The second-order valence-electron chi connectivity index (χ2n) is 3.52. The molecule has 0 saturated carbocycles. The first-order valence-electron chi connectivity index (χ1n) is 5.43. The molecule has 0 aromatic heterocycles. The van der Waals surface area contributed by atoms with E-state index < -0.39 is 12.8 Å². The summed E-state index contributed by atoms with van der Waals surface area (Å²) in [5.74, 6) is -0.272. The van der Waals surface area contributed by atoms with Crippen molar-refractivity contribution in [2.75, 3.05) is 25.1 Å². The van der Waals surface area contributed by atoms with Gasteiger partial charge in [-0.3, -0.25) is 4.79 Å². The Morgan fingerprint density at radius 2 is 1.94 bits per heavy atom. The molecule has 0 atom stereocenters. The van der Waals surface area contributed by atoms with Crippen molar-refractivity contribution >= 4 is 21.8 Å². The van der Waals surface area contributed by atoms with Crippen LogP contribution in [0.3, 0.4) is 0 Å². The smallest absolute Gasteiger partial charge is 0.372 e. The average Bonchev–Trinajstić information content (AvgIpc) is 2.23. The van der Waals surface area contributed by atoms with Crippen LogP contribution in [0.2, 0.25) is 0 Å². The van der Waals surface area contributed by atoms with Gasteiger partial charge in [0.25, 0.3) is 0 Å². The van der Waals surface area contributed by atoms with Crippen LogP contribution >= 0.6 is 15.9 Å². The van der Waals surface area contributed by atoms with Gasteiger partial charge in [-0.05, 0) is 12.8 Å². The van der Waals surface area contributed by atoms with Crippen LogP contribution in [0.4, 0.5) is 13.2 Å². The lowest BCUT2D eigenvalue weighted by Gasteiger charge is -2.08. The van der Waals surface area contributed by atoms with Crippen molar-refractivity contribution in [3.8, 4) is 0 Å². The number of carbonyl (C=O) groups is 1. The molecule has 0 bridgehead atoms. The minimum atomic E-state index is -4.33. The molecule has 0 fully saturated rings. The maximum absolute atomic E-state index is 11.7. The van der Waals surface area contributed by atoms with E-state index in [1.165, 1.54) is 0 Å². The molecule has 0 aliphatic rings. The molecule has 0 radical (unpaired) electrons. The Balaban J connectivity index is 3.29. The van der Waals surface area contributed by atoms with E-state index in [9.17, 15) is 18.0 Å². The van der Waals surface area contributed by atoms with Gasteiger partial charge >= 0.3 is 6.18 Å². The number of rotatable bonds is 9. The van der Waals surface area contributed by atoms with Crippen LogP contribution < -0.4 is 5.32 Å². The first-order valence-corrected chi connectivity index (χ1v) is 6.55. The summed E-state index contributed by atoms with van der Waals surface area (Å²) in [6.07, 6.45) is -1.43. The largest absolute Gasteiger partial charge is 0.411 e. The first kappa shape index (κ1) is 16.7. The molecule has 17 heavy (non-hydrogen) atoms. The molecule has 0 heterocycles. The van der Waals surface area contributed by atoms with Crippen molar-refractivity contribution in [3.63, 3.8) is 0 Å². The van der Waals surface area contributed by atoms with E-state index in [0.717, 1.165) is 24.6 Å². The molecule has 0 saturated heterocycles. The van der Waals surface area contributed by atoms with Gasteiger partial charge in [0, 0.05) is 18.3 Å². The first-order chi connectivity index (χ1) is 7.95. The van der Waals surface area contributed by atoms with Crippen molar-refractivity contribution in [3.05, 3.63) is 0 Å². The van der Waals surface area contributed by atoms with Crippen LogP contribution in [0.1, 0.15) is 25.7 Å². The van der Waals surface area contributed by atoms with E-state index in [4.69, 9.17) is 0 Å². The van der Waals surface area contributed by atoms with Gasteiger partial charge in [-0.2, -0.15) is 13.2 Å². The van der Waals surface area contributed by atoms with Crippen molar-refractivity contribution in [1.29, 1.82) is 0 Å². The Labute approximate surface area is 107 Å². The normalized spacial score (nSPS) is 11.5. The lowest BCUT2D eigenvalue weighted by atomic mass is 10.2. The molecule has 102 valence electrons.